The van der Waals surface area contributed by atoms with Crippen molar-refractivity contribution in [2.45, 2.75) is 25.9 Å². The van der Waals surface area contributed by atoms with Gasteiger partial charge in [0.1, 0.15) is 5.10 Å². The predicted molar refractivity (Wildman–Crippen MR) is 104 cm³/mol. The summed E-state index contributed by atoms with van der Waals surface area (Å²) < 4.78 is 6.77. The van der Waals surface area contributed by atoms with E-state index in [0.717, 1.165) is 23.0 Å². The Labute approximate surface area is 161 Å². The van der Waals surface area contributed by atoms with Gasteiger partial charge in [0.25, 0.3) is 5.96 Å². The van der Waals surface area contributed by atoms with Crippen LogP contribution in [0.3, 0.4) is 0 Å². The molecule has 3 rings (SSSR count). The molecule has 0 bridgehead atoms. The van der Waals surface area contributed by atoms with Crippen molar-refractivity contribution < 1.29 is 9.77 Å². The van der Waals surface area contributed by atoms with Crippen molar-refractivity contribution in [2.24, 2.45) is 11.0 Å². The van der Waals surface area contributed by atoms with Gasteiger partial charge in [-0.05, 0) is 38.0 Å². The monoisotopic (exact) mass is 422 g/mol. The number of benzene rings is 1. The topological polar surface area (TPSA) is 71.2 Å². The number of rotatable bonds is 5. The summed E-state index contributed by atoms with van der Waals surface area (Å²) >= 11 is 3.51. The standard InChI is InChI=1S/C18H23BrN4O3/c1-18(2)11-14(13-26-18)12-22-10-9-21(17(22)20-23(24)25)8-7-15-5-3-4-6-16(15)19/h3-8,14H,9-13H2,1-2H3. The van der Waals surface area contributed by atoms with Crippen molar-refractivity contribution in [3.8, 4) is 0 Å². The molecule has 1 unspecified atom stereocenters. The van der Waals surface area contributed by atoms with Crippen LogP contribution in [0.1, 0.15) is 25.8 Å². The molecule has 2 aliphatic rings. The number of nitrogens with zero attached hydrogens (tertiary/aromatic N) is 4. The third-order valence-electron chi connectivity index (χ3n) is 4.63. The lowest BCUT2D eigenvalue weighted by molar-refractivity contribution is -0.486. The minimum absolute atomic E-state index is 0.121. The summed E-state index contributed by atoms with van der Waals surface area (Å²) in [7, 11) is 0. The van der Waals surface area contributed by atoms with Crippen molar-refractivity contribution in [2.75, 3.05) is 26.2 Å². The lowest BCUT2D eigenvalue weighted by Crippen LogP contribution is -2.35. The molecule has 26 heavy (non-hydrogen) atoms. The van der Waals surface area contributed by atoms with E-state index in [1.54, 1.807) is 0 Å². The molecule has 7 nitrogen and oxygen atoms in total. The van der Waals surface area contributed by atoms with Crippen molar-refractivity contribution in [1.82, 2.24) is 9.80 Å². The molecular weight excluding hydrogens is 400 g/mol. The molecule has 0 radical (unpaired) electrons. The minimum atomic E-state index is -0.623. The van der Waals surface area contributed by atoms with Crippen LogP contribution in [-0.4, -0.2) is 52.6 Å². The van der Waals surface area contributed by atoms with Crippen LogP contribution < -0.4 is 0 Å². The zero-order chi connectivity index (χ0) is 18.7. The molecule has 2 saturated heterocycles. The van der Waals surface area contributed by atoms with E-state index in [1.807, 2.05) is 46.3 Å². The van der Waals surface area contributed by atoms with Gasteiger partial charge in [0.15, 0.2) is 5.03 Å². The van der Waals surface area contributed by atoms with Gasteiger partial charge in [-0.2, -0.15) is 0 Å². The fraction of sp³-hybridized carbons (Fsp3) is 0.500. The molecule has 0 spiro atoms. The van der Waals surface area contributed by atoms with E-state index >= 15 is 0 Å². The van der Waals surface area contributed by atoms with Crippen LogP contribution in [0, 0.1) is 16.0 Å². The molecular formula is C18H23BrN4O3. The van der Waals surface area contributed by atoms with E-state index < -0.39 is 5.03 Å². The Balaban J connectivity index is 1.73. The van der Waals surface area contributed by atoms with Crippen LogP contribution in [0.25, 0.3) is 6.08 Å². The van der Waals surface area contributed by atoms with Gasteiger partial charge in [0, 0.05) is 36.2 Å². The van der Waals surface area contributed by atoms with Crippen LogP contribution in [0.4, 0.5) is 0 Å². The number of nitro groups is 1. The molecule has 1 aromatic rings. The van der Waals surface area contributed by atoms with E-state index in [2.05, 4.69) is 34.9 Å². The van der Waals surface area contributed by atoms with E-state index in [9.17, 15) is 10.1 Å². The smallest absolute Gasteiger partial charge is 0.278 e. The molecule has 8 heteroatoms. The van der Waals surface area contributed by atoms with Crippen molar-refractivity contribution in [3.05, 3.63) is 50.6 Å². The Morgan fingerprint density at radius 2 is 2.19 bits per heavy atom. The number of hydrazone groups is 1. The largest absolute Gasteiger partial charge is 0.375 e. The van der Waals surface area contributed by atoms with Crippen LogP contribution in [-0.2, 0) is 4.74 Å². The quantitative estimate of drug-likeness (QED) is 0.536. The maximum absolute atomic E-state index is 11.0. The lowest BCUT2D eigenvalue weighted by atomic mass is 9.97. The second kappa shape index (κ2) is 7.75. The SMILES string of the molecule is CC1(C)CC(CN2CCN(C=Cc3ccccc3Br)C2=N[N+](=O)[O-])CO1. The molecule has 0 aromatic heterocycles. The molecule has 2 fully saturated rings. The number of hydrogen-bond acceptors (Lipinski definition) is 3. The second-order valence-electron chi connectivity index (χ2n) is 7.26. The first kappa shape index (κ1) is 18.8. The molecule has 140 valence electrons. The highest BCUT2D eigenvalue weighted by atomic mass is 79.9. The summed E-state index contributed by atoms with van der Waals surface area (Å²) in [5.74, 6) is 0.747. The Bertz CT molecular complexity index is 735. The van der Waals surface area contributed by atoms with Gasteiger partial charge in [-0.15, -0.1) is 0 Å². The molecule has 0 aliphatic carbocycles. The molecule has 2 aliphatic heterocycles. The van der Waals surface area contributed by atoms with Crippen molar-refractivity contribution in [1.29, 1.82) is 0 Å². The number of ether oxygens (including phenoxy) is 1. The van der Waals surface area contributed by atoms with Gasteiger partial charge in [0.2, 0.25) is 0 Å². The van der Waals surface area contributed by atoms with Gasteiger partial charge in [0.05, 0.1) is 12.2 Å². The zero-order valence-corrected chi connectivity index (χ0v) is 16.6. The highest BCUT2D eigenvalue weighted by molar-refractivity contribution is 9.10. The first-order chi connectivity index (χ1) is 12.3. The molecule has 2 heterocycles. The normalized spacial score (nSPS) is 24.1. The predicted octanol–water partition coefficient (Wildman–Crippen LogP) is 3.40. The van der Waals surface area contributed by atoms with Gasteiger partial charge >= 0.3 is 0 Å². The van der Waals surface area contributed by atoms with Crippen molar-refractivity contribution in [3.63, 3.8) is 0 Å². The summed E-state index contributed by atoms with van der Waals surface area (Å²) in [6.45, 7) is 6.94. The van der Waals surface area contributed by atoms with Crippen LogP contribution in [0.5, 0.6) is 0 Å². The van der Waals surface area contributed by atoms with E-state index in [1.165, 1.54) is 0 Å². The fourth-order valence-electron chi connectivity index (χ4n) is 3.48. The van der Waals surface area contributed by atoms with Gasteiger partial charge < -0.3 is 14.5 Å². The van der Waals surface area contributed by atoms with Gasteiger partial charge in [-0.3, -0.25) is 0 Å². The Morgan fingerprint density at radius 1 is 1.42 bits per heavy atom. The van der Waals surface area contributed by atoms with Gasteiger partial charge in [-0.1, -0.05) is 34.1 Å². The average molecular weight is 423 g/mol. The molecule has 0 N–H and O–H groups in total. The average Bonchev–Trinajstić information content (AvgIpc) is 3.10. The van der Waals surface area contributed by atoms with Crippen LogP contribution in [0.15, 0.2) is 40.0 Å². The summed E-state index contributed by atoms with van der Waals surface area (Å²) in [5, 5.41) is 14.0. The van der Waals surface area contributed by atoms with E-state index in [0.29, 0.717) is 31.6 Å². The lowest BCUT2D eigenvalue weighted by Gasteiger charge is -2.22. The van der Waals surface area contributed by atoms with Crippen LogP contribution >= 0.6 is 15.9 Å². The summed E-state index contributed by atoms with van der Waals surface area (Å²) in [4.78, 5) is 14.8. The number of hydrogen-bond donors (Lipinski definition) is 0. The molecule has 0 saturated carbocycles. The summed E-state index contributed by atoms with van der Waals surface area (Å²) in [6, 6.07) is 7.85. The maximum atomic E-state index is 11.0. The highest BCUT2D eigenvalue weighted by Gasteiger charge is 2.36. The van der Waals surface area contributed by atoms with E-state index in [4.69, 9.17) is 4.74 Å². The third-order valence-corrected chi connectivity index (χ3v) is 5.35. The Kier molecular flexibility index (Phi) is 5.62. The summed E-state index contributed by atoms with van der Waals surface area (Å²) in [5.41, 5.74) is 0.890. The van der Waals surface area contributed by atoms with Gasteiger partial charge in [-0.25, -0.2) is 10.1 Å². The Hall–Kier alpha value is -1.93. The number of halogens is 1. The van der Waals surface area contributed by atoms with Crippen LogP contribution in [0.2, 0.25) is 0 Å². The minimum Gasteiger partial charge on any atom is -0.375 e. The third kappa shape index (κ3) is 4.62. The first-order valence-electron chi connectivity index (χ1n) is 8.65. The van der Waals surface area contributed by atoms with E-state index in [-0.39, 0.29) is 5.60 Å². The highest BCUT2D eigenvalue weighted by Crippen LogP contribution is 2.30. The Morgan fingerprint density at radius 3 is 2.85 bits per heavy atom. The van der Waals surface area contributed by atoms with Crippen molar-refractivity contribution >= 4 is 28.0 Å². The second-order valence-corrected chi connectivity index (χ2v) is 8.11. The number of guanidine groups is 1. The first-order valence-corrected chi connectivity index (χ1v) is 9.45. The maximum Gasteiger partial charge on any atom is 0.278 e. The molecule has 1 atom stereocenters. The fourth-order valence-corrected chi connectivity index (χ4v) is 3.90. The molecule has 0 amide bonds. The molecule has 1 aromatic carbocycles. The summed E-state index contributed by atoms with van der Waals surface area (Å²) in [6.07, 6.45) is 4.74. The zero-order valence-electron chi connectivity index (χ0n) is 15.0.